The zero-order valence-electron chi connectivity index (χ0n) is 10.1. The molecule has 0 aliphatic carbocycles. The molecular formula is C12H17NO6. The molecule has 0 aromatic heterocycles. The second kappa shape index (κ2) is 6.29. The van der Waals surface area contributed by atoms with Gasteiger partial charge in [-0.2, -0.15) is 0 Å². The molecular weight excluding hydrogens is 254 g/mol. The fraction of sp³-hybridized carbons (Fsp3) is 0.500. The van der Waals surface area contributed by atoms with Gasteiger partial charge in [0.15, 0.2) is 0 Å². The second-order valence-electron chi connectivity index (χ2n) is 4.28. The van der Waals surface area contributed by atoms with Crippen LogP contribution in [0.1, 0.15) is 0 Å². The minimum atomic E-state index is -1.45. The van der Waals surface area contributed by atoms with Crippen LogP contribution >= 0.6 is 0 Å². The molecule has 1 aliphatic rings. The van der Waals surface area contributed by atoms with E-state index in [4.69, 9.17) is 14.7 Å². The summed E-state index contributed by atoms with van der Waals surface area (Å²) < 4.78 is 5.16. The van der Waals surface area contributed by atoms with E-state index in [1.807, 2.05) is 6.07 Å². The summed E-state index contributed by atoms with van der Waals surface area (Å²) in [6.07, 6.45) is -6.45. The van der Waals surface area contributed by atoms with Crippen LogP contribution in [-0.2, 0) is 9.57 Å². The summed E-state index contributed by atoms with van der Waals surface area (Å²) in [5.41, 5.74) is 3.20. The summed E-state index contributed by atoms with van der Waals surface area (Å²) in [6.45, 7) is -0.490. The summed E-state index contributed by atoms with van der Waals surface area (Å²) in [4.78, 5) is 5.13. The molecule has 0 amide bonds. The second-order valence-corrected chi connectivity index (χ2v) is 4.28. The van der Waals surface area contributed by atoms with Crippen molar-refractivity contribution in [2.24, 2.45) is 0 Å². The van der Waals surface area contributed by atoms with Crippen molar-refractivity contribution < 1.29 is 30.0 Å². The summed E-state index contributed by atoms with van der Waals surface area (Å²) in [5, 5.41) is 37.9. The van der Waals surface area contributed by atoms with E-state index >= 15 is 0 Å². The molecule has 5 atom stereocenters. The predicted octanol–water partition coefficient (Wildman–Crippen LogP) is -1.17. The van der Waals surface area contributed by atoms with Gasteiger partial charge in [-0.25, -0.2) is 4.84 Å². The Kier molecular flexibility index (Phi) is 4.70. The Balaban J connectivity index is 1.95. The number of aliphatic hydroxyl groups excluding tert-OH is 4. The third kappa shape index (κ3) is 3.21. The first-order valence-corrected chi connectivity index (χ1v) is 5.90. The molecule has 0 saturated carbocycles. The van der Waals surface area contributed by atoms with E-state index in [0.29, 0.717) is 5.69 Å². The summed E-state index contributed by atoms with van der Waals surface area (Å²) >= 11 is 0. The van der Waals surface area contributed by atoms with E-state index in [-0.39, 0.29) is 0 Å². The van der Waals surface area contributed by atoms with Crippen molar-refractivity contribution in [1.29, 1.82) is 0 Å². The standard InChI is InChI=1S/C12H17NO6/c14-6-8-9(15)10(16)11(17)12(18-8)19-13-7-4-2-1-3-5-7/h1-5,8-17H,6H2/t8-,9-,10+,11+,12?/m1/s1. The van der Waals surface area contributed by atoms with Crippen LogP contribution in [0.4, 0.5) is 5.69 Å². The minimum Gasteiger partial charge on any atom is -0.394 e. The van der Waals surface area contributed by atoms with Crippen LogP contribution in [-0.4, -0.2) is 57.7 Å². The van der Waals surface area contributed by atoms with Crippen LogP contribution in [0.2, 0.25) is 0 Å². The van der Waals surface area contributed by atoms with Gasteiger partial charge in [-0.05, 0) is 12.1 Å². The van der Waals surface area contributed by atoms with Crippen molar-refractivity contribution in [3.63, 3.8) is 0 Å². The molecule has 1 aliphatic heterocycles. The number of rotatable bonds is 4. The van der Waals surface area contributed by atoms with Gasteiger partial charge in [-0.3, -0.25) is 5.48 Å². The minimum absolute atomic E-state index is 0.490. The van der Waals surface area contributed by atoms with Crippen LogP contribution in [0.5, 0.6) is 0 Å². The number of hydrogen-bond donors (Lipinski definition) is 5. The Morgan fingerprint density at radius 1 is 1.05 bits per heavy atom. The Bertz CT molecular complexity index is 387. The lowest BCUT2D eigenvalue weighted by Gasteiger charge is -2.39. The van der Waals surface area contributed by atoms with Gasteiger partial charge in [0.2, 0.25) is 6.29 Å². The molecule has 19 heavy (non-hydrogen) atoms. The molecule has 106 valence electrons. The highest BCUT2D eigenvalue weighted by Gasteiger charge is 2.44. The smallest absolute Gasteiger partial charge is 0.212 e. The summed E-state index contributed by atoms with van der Waals surface area (Å²) in [5.74, 6) is 0. The Morgan fingerprint density at radius 2 is 1.74 bits per heavy atom. The van der Waals surface area contributed by atoms with Crippen molar-refractivity contribution in [2.75, 3.05) is 12.1 Å². The average Bonchev–Trinajstić information content (AvgIpc) is 2.45. The van der Waals surface area contributed by atoms with E-state index in [2.05, 4.69) is 5.48 Å². The largest absolute Gasteiger partial charge is 0.394 e. The lowest BCUT2D eigenvalue weighted by molar-refractivity contribution is -0.294. The fourth-order valence-electron chi connectivity index (χ4n) is 1.80. The Hall–Kier alpha value is -1.22. The molecule has 5 N–H and O–H groups in total. The molecule has 0 radical (unpaired) electrons. The van der Waals surface area contributed by atoms with E-state index < -0.39 is 37.3 Å². The molecule has 1 fully saturated rings. The normalized spacial score (nSPS) is 35.1. The topological polar surface area (TPSA) is 111 Å². The first kappa shape index (κ1) is 14.2. The molecule has 1 aromatic carbocycles. The summed E-state index contributed by atoms with van der Waals surface area (Å²) in [7, 11) is 0. The molecule has 0 bridgehead atoms. The highest BCUT2D eigenvalue weighted by Crippen LogP contribution is 2.22. The van der Waals surface area contributed by atoms with Crippen LogP contribution in [0.15, 0.2) is 30.3 Å². The zero-order valence-corrected chi connectivity index (χ0v) is 10.1. The number of hydrogen-bond acceptors (Lipinski definition) is 7. The van der Waals surface area contributed by atoms with Gasteiger partial charge in [0.1, 0.15) is 24.4 Å². The lowest BCUT2D eigenvalue weighted by atomic mass is 9.99. The molecule has 2 rings (SSSR count). The molecule has 0 spiro atoms. The highest BCUT2D eigenvalue weighted by atomic mass is 16.8. The molecule has 7 heteroatoms. The Labute approximate surface area is 110 Å². The first-order valence-electron chi connectivity index (χ1n) is 5.90. The third-order valence-electron chi connectivity index (χ3n) is 2.92. The maximum Gasteiger partial charge on any atom is 0.212 e. The molecule has 7 nitrogen and oxygen atoms in total. The van der Waals surface area contributed by atoms with Crippen molar-refractivity contribution in [1.82, 2.24) is 0 Å². The molecule has 1 heterocycles. The van der Waals surface area contributed by atoms with Gasteiger partial charge in [-0.15, -0.1) is 0 Å². The fourth-order valence-corrected chi connectivity index (χ4v) is 1.80. The quantitative estimate of drug-likeness (QED) is 0.439. The predicted molar refractivity (Wildman–Crippen MR) is 64.9 cm³/mol. The maximum atomic E-state index is 9.72. The highest BCUT2D eigenvalue weighted by molar-refractivity contribution is 5.40. The maximum absolute atomic E-state index is 9.72. The third-order valence-corrected chi connectivity index (χ3v) is 2.92. The van der Waals surface area contributed by atoms with Crippen LogP contribution in [0.25, 0.3) is 0 Å². The van der Waals surface area contributed by atoms with Gasteiger partial charge >= 0.3 is 0 Å². The summed E-state index contributed by atoms with van der Waals surface area (Å²) in [6, 6.07) is 8.89. The Morgan fingerprint density at radius 3 is 2.37 bits per heavy atom. The molecule has 1 saturated heterocycles. The lowest BCUT2D eigenvalue weighted by Crippen LogP contribution is -2.59. The van der Waals surface area contributed by atoms with Gasteiger partial charge in [-0.1, -0.05) is 18.2 Å². The van der Waals surface area contributed by atoms with Crippen molar-refractivity contribution in [2.45, 2.75) is 30.7 Å². The number of anilines is 1. The van der Waals surface area contributed by atoms with Crippen molar-refractivity contribution in [3.8, 4) is 0 Å². The number of aliphatic hydroxyl groups is 4. The number of ether oxygens (including phenoxy) is 1. The molecule has 1 unspecified atom stereocenters. The number of benzene rings is 1. The first-order chi connectivity index (χ1) is 9.13. The van der Waals surface area contributed by atoms with Gasteiger partial charge in [0, 0.05) is 0 Å². The van der Waals surface area contributed by atoms with Crippen molar-refractivity contribution >= 4 is 5.69 Å². The van der Waals surface area contributed by atoms with Crippen LogP contribution < -0.4 is 5.48 Å². The van der Waals surface area contributed by atoms with Crippen molar-refractivity contribution in [3.05, 3.63) is 30.3 Å². The molecule has 1 aromatic rings. The SMILES string of the molecule is OC[C@H]1OC(ONc2ccccc2)[C@@H](O)[C@@H](O)[C@@H]1O. The van der Waals surface area contributed by atoms with E-state index in [1.54, 1.807) is 24.3 Å². The van der Waals surface area contributed by atoms with Gasteiger partial charge < -0.3 is 25.2 Å². The average molecular weight is 271 g/mol. The van der Waals surface area contributed by atoms with Gasteiger partial charge in [0.05, 0.1) is 12.3 Å². The number of nitrogens with one attached hydrogen (secondary N) is 1. The van der Waals surface area contributed by atoms with E-state index in [1.165, 1.54) is 0 Å². The van der Waals surface area contributed by atoms with E-state index in [0.717, 1.165) is 0 Å². The zero-order chi connectivity index (χ0) is 13.8. The van der Waals surface area contributed by atoms with Gasteiger partial charge in [0.25, 0.3) is 0 Å². The van der Waals surface area contributed by atoms with Crippen LogP contribution in [0.3, 0.4) is 0 Å². The van der Waals surface area contributed by atoms with E-state index in [9.17, 15) is 15.3 Å². The monoisotopic (exact) mass is 271 g/mol. The number of para-hydroxylation sites is 1. The van der Waals surface area contributed by atoms with Crippen LogP contribution in [0, 0.1) is 0 Å².